The Kier molecular flexibility index (Phi) is 3.14. The molecule has 0 aliphatic carbocycles. The lowest BCUT2D eigenvalue weighted by atomic mass is 10.0. The van der Waals surface area contributed by atoms with Crippen LogP contribution < -0.4 is 4.74 Å². The van der Waals surface area contributed by atoms with Crippen molar-refractivity contribution < 1.29 is 13.9 Å². The summed E-state index contributed by atoms with van der Waals surface area (Å²) in [6.07, 6.45) is 2.13. The molecule has 0 N–H and O–H groups in total. The maximum atomic E-state index is 12.7. The molecule has 0 unspecified atom stereocenters. The predicted octanol–water partition coefficient (Wildman–Crippen LogP) is 2.71. The monoisotopic (exact) mass is 231 g/mol. The summed E-state index contributed by atoms with van der Waals surface area (Å²) in [6, 6.07) is 7.90. The molecule has 0 bridgehead atoms. The van der Waals surface area contributed by atoms with Crippen LogP contribution >= 0.6 is 0 Å². The van der Waals surface area contributed by atoms with Crippen LogP contribution in [0, 0.1) is 5.95 Å². The van der Waals surface area contributed by atoms with Crippen LogP contribution in [-0.4, -0.2) is 18.4 Å². The third-order valence-electron chi connectivity index (χ3n) is 2.43. The van der Waals surface area contributed by atoms with Crippen molar-refractivity contribution in [2.45, 2.75) is 0 Å². The minimum Gasteiger partial charge on any atom is -0.497 e. The summed E-state index contributed by atoms with van der Waals surface area (Å²) >= 11 is 0. The van der Waals surface area contributed by atoms with Crippen LogP contribution in [0.4, 0.5) is 4.39 Å². The second-order valence-electron chi connectivity index (χ2n) is 3.44. The number of aromatic nitrogens is 1. The van der Waals surface area contributed by atoms with E-state index in [4.69, 9.17) is 4.74 Å². The first-order chi connectivity index (χ1) is 8.24. The average molecular weight is 231 g/mol. The van der Waals surface area contributed by atoms with Gasteiger partial charge in [0.05, 0.1) is 7.11 Å². The van der Waals surface area contributed by atoms with Crippen LogP contribution in [0.25, 0.3) is 11.1 Å². The maximum absolute atomic E-state index is 12.7. The first-order valence-corrected chi connectivity index (χ1v) is 4.99. The Morgan fingerprint density at radius 3 is 2.71 bits per heavy atom. The Morgan fingerprint density at radius 2 is 2.12 bits per heavy atom. The van der Waals surface area contributed by atoms with E-state index in [1.807, 2.05) is 0 Å². The van der Waals surface area contributed by atoms with Gasteiger partial charge in [-0.3, -0.25) is 4.79 Å². The summed E-state index contributed by atoms with van der Waals surface area (Å²) < 4.78 is 17.8. The molecule has 0 fully saturated rings. The molecular formula is C13H10FNO2. The smallest absolute Gasteiger partial charge is 0.212 e. The lowest BCUT2D eigenvalue weighted by molar-refractivity contribution is 0.112. The molecule has 3 nitrogen and oxygen atoms in total. The first kappa shape index (κ1) is 11.3. The Bertz CT molecular complexity index is 538. The normalized spacial score (nSPS) is 10.0. The highest BCUT2D eigenvalue weighted by Crippen LogP contribution is 2.26. The lowest BCUT2D eigenvalue weighted by Gasteiger charge is -2.07. The van der Waals surface area contributed by atoms with Crippen LogP contribution in [0.1, 0.15) is 10.4 Å². The van der Waals surface area contributed by atoms with Gasteiger partial charge in [-0.25, -0.2) is 4.98 Å². The van der Waals surface area contributed by atoms with Crippen LogP contribution in [0.3, 0.4) is 0 Å². The number of nitrogens with zero attached hydrogens (tertiary/aromatic N) is 1. The standard InChI is InChI=1S/C13H10FNO2/c1-17-11-4-2-10(8-16)12(6-11)9-3-5-13(14)15-7-9/h2-8H,1H3. The van der Waals surface area contributed by atoms with Crippen LogP contribution in [0.2, 0.25) is 0 Å². The fourth-order valence-corrected chi connectivity index (χ4v) is 1.55. The van der Waals surface area contributed by atoms with Crippen molar-refractivity contribution in [3.8, 4) is 16.9 Å². The fraction of sp³-hybridized carbons (Fsp3) is 0.0769. The highest BCUT2D eigenvalue weighted by atomic mass is 19.1. The van der Waals surface area contributed by atoms with E-state index in [0.29, 0.717) is 22.4 Å². The number of halogens is 1. The molecule has 0 radical (unpaired) electrons. The molecule has 0 spiro atoms. The van der Waals surface area contributed by atoms with Gasteiger partial charge in [0, 0.05) is 17.3 Å². The van der Waals surface area contributed by atoms with Gasteiger partial charge in [-0.05, 0) is 35.9 Å². The highest BCUT2D eigenvalue weighted by molar-refractivity contribution is 5.88. The number of hydrogen-bond donors (Lipinski definition) is 0. The van der Waals surface area contributed by atoms with E-state index in [9.17, 15) is 9.18 Å². The number of aldehydes is 1. The highest BCUT2D eigenvalue weighted by Gasteiger charge is 2.07. The lowest BCUT2D eigenvalue weighted by Crippen LogP contribution is -1.91. The molecule has 1 heterocycles. The summed E-state index contributed by atoms with van der Waals surface area (Å²) in [5, 5.41) is 0. The number of rotatable bonds is 3. The molecular weight excluding hydrogens is 221 g/mol. The molecule has 0 saturated carbocycles. The van der Waals surface area contributed by atoms with Crippen molar-refractivity contribution in [1.82, 2.24) is 4.98 Å². The largest absolute Gasteiger partial charge is 0.497 e. The van der Waals surface area contributed by atoms with Crippen molar-refractivity contribution in [3.63, 3.8) is 0 Å². The van der Waals surface area contributed by atoms with Gasteiger partial charge in [0.15, 0.2) is 6.29 Å². The minimum atomic E-state index is -0.552. The fourth-order valence-electron chi connectivity index (χ4n) is 1.55. The molecule has 86 valence electrons. The van der Waals surface area contributed by atoms with Crippen molar-refractivity contribution in [2.24, 2.45) is 0 Å². The van der Waals surface area contributed by atoms with Crippen molar-refractivity contribution in [2.75, 3.05) is 7.11 Å². The van der Waals surface area contributed by atoms with Gasteiger partial charge in [-0.15, -0.1) is 0 Å². The maximum Gasteiger partial charge on any atom is 0.212 e. The van der Waals surface area contributed by atoms with E-state index >= 15 is 0 Å². The van der Waals surface area contributed by atoms with E-state index in [0.717, 1.165) is 6.29 Å². The van der Waals surface area contributed by atoms with E-state index < -0.39 is 5.95 Å². The zero-order valence-corrected chi connectivity index (χ0v) is 9.18. The van der Waals surface area contributed by atoms with E-state index in [1.165, 1.54) is 12.3 Å². The molecule has 4 heteroatoms. The van der Waals surface area contributed by atoms with Gasteiger partial charge in [0.1, 0.15) is 5.75 Å². The van der Waals surface area contributed by atoms with Gasteiger partial charge < -0.3 is 4.74 Å². The van der Waals surface area contributed by atoms with Crippen molar-refractivity contribution >= 4 is 6.29 Å². The molecule has 0 aliphatic rings. The third-order valence-corrected chi connectivity index (χ3v) is 2.43. The minimum absolute atomic E-state index is 0.513. The molecule has 17 heavy (non-hydrogen) atoms. The SMILES string of the molecule is COc1ccc(C=O)c(-c2ccc(F)nc2)c1. The van der Waals surface area contributed by atoms with Gasteiger partial charge in [0.25, 0.3) is 0 Å². The van der Waals surface area contributed by atoms with Crippen molar-refractivity contribution in [1.29, 1.82) is 0 Å². The van der Waals surface area contributed by atoms with E-state index in [-0.39, 0.29) is 0 Å². The van der Waals surface area contributed by atoms with Crippen LogP contribution in [0.15, 0.2) is 36.5 Å². The zero-order chi connectivity index (χ0) is 12.3. The van der Waals surface area contributed by atoms with Crippen LogP contribution in [0.5, 0.6) is 5.75 Å². The Balaban J connectivity index is 2.55. The van der Waals surface area contributed by atoms with Gasteiger partial charge >= 0.3 is 0 Å². The second-order valence-corrected chi connectivity index (χ2v) is 3.44. The van der Waals surface area contributed by atoms with Crippen LogP contribution in [-0.2, 0) is 0 Å². The first-order valence-electron chi connectivity index (χ1n) is 4.99. The zero-order valence-electron chi connectivity index (χ0n) is 9.18. The second kappa shape index (κ2) is 4.74. The van der Waals surface area contributed by atoms with Gasteiger partial charge in [-0.1, -0.05) is 0 Å². The summed E-state index contributed by atoms with van der Waals surface area (Å²) in [7, 11) is 1.54. The summed E-state index contributed by atoms with van der Waals surface area (Å²) in [5.41, 5.74) is 1.86. The quantitative estimate of drug-likeness (QED) is 0.602. The number of carbonyl (C=O) groups is 1. The number of hydrogen-bond acceptors (Lipinski definition) is 3. The number of ether oxygens (including phenoxy) is 1. The molecule has 0 aliphatic heterocycles. The molecule has 1 aromatic carbocycles. The number of methoxy groups -OCH3 is 1. The number of benzene rings is 1. The third kappa shape index (κ3) is 2.30. The average Bonchev–Trinajstić information content (AvgIpc) is 2.39. The molecule has 0 amide bonds. The van der Waals surface area contributed by atoms with Gasteiger partial charge in [-0.2, -0.15) is 4.39 Å². The Morgan fingerprint density at radius 1 is 1.29 bits per heavy atom. The van der Waals surface area contributed by atoms with Crippen molar-refractivity contribution in [3.05, 3.63) is 48.0 Å². The van der Waals surface area contributed by atoms with E-state index in [1.54, 1.807) is 31.4 Å². The molecule has 0 atom stereocenters. The topological polar surface area (TPSA) is 39.2 Å². The number of carbonyl (C=O) groups excluding carboxylic acids is 1. The summed E-state index contributed by atoms with van der Waals surface area (Å²) in [4.78, 5) is 14.5. The molecule has 2 aromatic rings. The molecule has 1 aromatic heterocycles. The number of pyridine rings is 1. The Hall–Kier alpha value is -2.23. The predicted molar refractivity (Wildman–Crippen MR) is 61.6 cm³/mol. The summed E-state index contributed by atoms with van der Waals surface area (Å²) in [5.74, 6) is 0.0826. The Labute approximate surface area is 97.9 Å². The van der Waals surface area contributed by atoms with Gasteiger partial charge in [0.2, 0.25) is 5.95 Å². The van der Waals surface area contributed by atoms with E-state index in [2.05, 4.69) is 4.98 Å². The summed E-state index contributed by atoms with van der Waals surface area (Å²) in [6.45, 7) is 0. The molecule has 2 rings (SSSR count). The molecule has 0 saturated heterocycles.